The van der Waals surface area contributed by atoms with Crippen LogP contribution in [0.4, 0.5) is 0 Å². The molecule has 0 aliphatic carbocycles. The first-order chi connectivity index (χ1) is 33.7. The molecule has 0 N–H and O–H groups in total. The maximum absolute atomic E-state index is 2.69. The first-order valence-electron chi connectivity index (χ1n) is 26.8. The molecule has 0 amide bonds. The molecule has 0 spiro atoms. The Hall–Kier alpha value is -6.11. The zero-order valence-corrected chi connectivity index (χ0v) is 46.7. The van der Waals surface area contributed by atoms with Gasteiger partial charge in [0.25, 0.3) is 0 Å². The van der Waals surface area contributed by atoms with E-state index >= 15 is 0 Å². The Kier molecular flexibility index (Phi) is 10.8. The van der Waals surface area contributed by atoms with Crippen molar-refractivity contribution in [1.29, 1.82) is 0 Å². The summed E-state index contributed by atoms with van der Waals surface area (Å²) in [5, 5.41) is 16.1. The molecule has 1 heterocycles. The Morgan fingerprint density at radius 1 is 0.236 bits per heavy atom. The summed E-state index contributed by atoms with van der Waals surface area (Å²) in [7, 11) is 0. The summed E-state index contributed by atoms with van der Waals surface area (Å²) in [5.41, 5.74) is 22.1. The van der Waals surface area contributed by atoms with Crippen LogP contribution in [0.25, 0.3) is 64.6 Å². The van der Waals surface area contributed by atoms with Crippen LogP contribution in [-0.4, -0.2) is 13.4 Å². The van der Waals surface area contributed by atoms with Gasteiger partial charge in [0.2, 0.25) is 13.4 Å². The van der Waals surface area contributed by atoms with Crippen molar-refractivity contribution in [1.82, 2.24) is 0 Å². The number of fused-ring (bicyclic) bond motifs is 14. The van der Waals surface area contributed by atoms with Crippen molar-refractivity contribution in [2.24, 2.45) is 0 Å². The molecule has 10 aromatic rings. The summed E-state index contributed by atoms with van der Waals surface area (Å²) in [6, 6.07) is 49.9. The van der Waals surface area contributed by atoms with Crippen LogP contribution < -0.4 is 32.8 Å². The van der Waals surface area contributed by atoms with Crippen LogP contribution in [0.1, 0.15) is 139 Å². The van der Waals surface area contributed by atoms with Crippen LogP contribution in [0.5, 0.6) is 0 Å². The molecule has 360 valence electrons. The number of benzene rings is 10. The van der Waals surface area contributed by atoms with Gasteiger partial charge < -0.3 is 0 Å². The summed E-state index contributed by atoms with van der Waals surface area (Å²) in [5.74, 6) is 0. The quantitative estimate of drug-likeness (QED) is 0.120. The lowest BCUT2D eigenvalue weighted by Crippen LogP contribution is -2.75. The second-order valence-corrected chi connectivity index (χ2v) is 26.6. The molecule has 0 aromatic heterocycles. The van der Waals surface area contributed by atoms with Crippen molar-refractivity contribution in [2.75, 3.05) is 0 Å². The lowest BCUT2D eigenvalue weighted by Gasteiger charge is -2.36. The molecule has 0 radical (unpaired) electrons. The van der Waals surface area contributed by atoms with Crippen LogP contribution in [0.15, 0.2) is 121 Å². The first-order valence-corrected chi connectivity index (χ1v) is 26.8. The lowest BCUT2D eigenvalue weighted by atomic mass is 9.20. The van der Waals surface area contributed by atoms with Crippen molar-refractivity contribution in [2.45, 2.75) is 146 Å². The monoisotopic (exact) mass is 937 g/mol. The lowest BCUT2D eigenvalue weighted by molar-refractivity contribution is 0.591. The summed E-state index contributed by atoms with van der Waals surface area (Å²) in [6.07, 6.45) is 0. The van der Waals surface area contributed by atoms with E-state index in [1.54, 1.807) is 0 Å². The second kappa shape index (κ2) is 16.2. The third kappa shape index (κ3) is 7.64. The minimum Gasteiger partial charge on any atom is -0.0726 e. The van der Waals surface area contributed by atoms with Crippen molar-refractivity contribution < 1.29 is 0 Å². The Balaban J connectivity index is 1.40. The van der Waals surface area contributed by atoms with E-state index in [-0.39, 0.29) is 35.1 Å². The highest BCUT2D eigenvalue weighted by atomic mass is 14.3. The molecular formula is C70H74B2. The van der Waals surface area contributed by atoms with Crippen LogP contribution in [0, 0.1) is 41.5 Å². The molecule has 2 heteroatoms. The standard InChI is InChI=1S/C70H74B2/c1-39-27-41(3)65(42(4)28-39)71-61-35-57-53-31-45(67(7,8)9)19-23-49(53)51-25-21-47(69(13,14)15)33-55(51)59(57)37-63(61)72(66-43(5)29-40(2)30-44(66)6)64-38-60-56-34-48(70(16,17)18)22-26-52(56)50-24-20-46(68(10,11)12)32-54(50)58(60)36-62(64)71/h19-38H,1-18H3. The number of aryl methyl sites for hydroxylation is 6. The molecule has 1 aliphatic heterocycles. The van der Waals surface area contributed by atoms with Crippen LogP contribution in [-0.2, 0) is 21.7 Å². The first kappa shape index (κ1) is 48.2. The highest BCUT2D eigenvalue weighted by Gasteiger charge is 2.42. The molecule has 1 aliphatic rings. The van der Waals surface area contributed by atoms with E-state index in [1.165, 1.54) is 153 Å². The van der Waals surface area contributed by atoms with E-state index in [1.807, 2.05) is 0 Å². The van der Waals surface area contributed by atoms with Crippen molar-refractivity contribution >= 4 is 111 Å². The molecule has 0 fully saturated rings. The van der Waals surface area contributed by atoms with E-state index in [2.05, 4.69) is 246 Å². The Labute approximate surface area is 431 Å². The molecule has 0 saturated heterocycles. The third-order valence-electron chi connectivity index (χ3n) is 17.0. The highest BCUT2D eigenvalue weighted by Crippen LogP contribution is 2.42. The van der Waals surface area contributed by atoms with Gasteiger partial charge in [-0.2, -0.15) is 0 Å². The van der Waals surface area contributed by atoms with Gasteiger partial charge in [-0.05, 0) is 174 Å². The summed E-state index contributed by atoms with van der Waals surface area (Å²) >= 11 is 0. The van der Waals surface area contributed by atoms with Gasteiger partial charge in [-0.25, -0.2) is 0 Å². The van der Waals surface area contributed by atoms with Gasteiger partial charge in [-0.1, -0.05) is 246 Å². The Bertz CT molecular complexity index is 3460. The van der Waals surface area contributed by atoms with Crippen molar-refractivity contribution in [3.05, 3.63) is 177 Å². The maximum Gasteiger partial charge on any atom is 0.240 e. The van der Waals surface area contributed by atoms with E-state index < -0.39 is 0 Å². The molecule has 0 saturated carbocycles. The topological polar surface area (TPSA) is 0 Å². The zero-order chi connectivity index (χ0) is 51.5. The van der Waals surface area contributed by atoms with Gasteiger partial charge in [0.1, 0.15) is 0 Å². The summed E-state index contributed by atoms with van der Waals surface area (Å²) in [6.45, 7) is 42.3. The minimum absolute atomic E-state index is 0.00150. The number of hydrogen-bond acceptors (Lipinski definition) is 0. The number of rotatable bonds is 2. The normalized spacial score (nSPS) is 13.6. The zero-order valence-electron chi connectivity index (χ0n) is 46.7. The maximum atomic E-state index is 2.69. The third-order valence-corrected chi connectivity index (χ3v) is 17.0. The summed E-state index contributed by atoms with van der Waals surface area (Å²) < 4.78 is 0. The van der Waals surface area contributed by atoms with Gasteiger partial charge in [-0.3, -0.25) is 0 Å². The van der Waals surface area contributed by atoms with Crippen LogP contribution >= 0.6 is 0 Å². The average molecular weight is 937 g/mol. The van der Waals surface area contributed by atoms with Gasteiger partial charge in [0.05, 0.1) is 0 Å². The van der Waals surface area contributed by atoms with Crippen molar-refractivity contribution in [3.63, 3.8) is 0 Å². The fraction of sp³-hybridized carbons (Fsp3) is 0.314. The molecular weight excluding hydrogens is 862 g/mol. The number of hydrogen-bond donors (Lipinski definition) is 0. The van der Waals surface area contributed by atoms with E-state index in [0.717, 1.165) is 0 Å². The van der Waals surface area contributed by atoms with E-state index in [9.17, 15) is 0 Å². The van der Waals surface area contributed by atoms with Crippen LogP contribution in [0.3, 0.4) is 0 Å². The minimum atomic E-state index is -0.00252. The molecule has 72 heavy (non-hydrogen) atoms. The van der Waals surface area contributed by atoms with E-state index in [0.29, 0.717) is 0 Å². The van der Waals surface area contributed by atoms with Crippen molar-refractivity contribution in [3.8, 4) is 0 Å². The fourth-order valence-corrected chi connectivity index (χ4v) is 13.3. The molecule has 10 aromatic carbocycles. The second-order valence-electron chi connectivity index (χ2n) is 26.6. The van der Waals surface area contributed by atoms with E-state index in [4.69, 9.17) is 0 Å². The predicted molar refractivity (Wildman–Crippen MR) is 323 cm³/mol. The van der Waals surface area contributed by atoms with Gasteiger partial charge in [0.15, 0.2) is 0 Å². The average Bonchev–Trinajstić information content (AvgIpc) is 3.28. The SMILES string of the molecule is Cc1cc(C)c(B2c3cc4c5cc(C(C)(C)C)ccc5c5ccc(C(C)(C)C)cc5c4cc3B(c3c(C)cc(C)cc3C)c3cc4c5cc(C(C)(C)C)ccc5c5ccc(C(C)(C)C)cc5c4cc32)c(C)c1. The molecule has 0 nitrogen and oxygen atoms in total. The van der Waals surface area contributed by atoms with Gasteiger partial charge in [-0.15, -0.1) is 0 Å². The van der Waals surface area contributed by atoms with Gasteiger partial charge >= 0.3 is 0 Å². The Morgan fingerprint density at radius 3 is 0.625 bits per heavy atom. The highest BCUT2D eigenvalue weighted by molar-refractivity contribution is 7.12. The van der Waals surface area contributed by atoms with Crippen LogP contribution in [0.2, 0.25) is 0 Å². The Morgan fingerprint density at radius 2 is 0.431 bits per heavy atom. The molecule has 0 bridgehead atoms. The molecule has 0 unspecified atom stereocenters. The summed E-state index contributed by atoms with van der Waals surface area (Å²) in [4.78, 5) is 0. The largest absolute Gasteiger partial charge is 0.240 e. The molecule has 0 atom stereocenters. The fourth-order valence-electron chi connectivity index (χ4n) is 13.3. The smallest absolute Gasteiger partial charge is 0.0726 e. The van der Waals surface area contributed by atoms with Gasteiger partial charge in [0, 0.05) is 0 Å². The molecule has 11 rings (SSSR count). The predicted octanol–water partition coefficient (Wildman–Crippen LogP) is 15.0.